The van der Waals surface area contributed by atoms with Gasteiger partial charge in [0.1, 0.15) is 5.82 Å². The van der Waals surface area contributed by atoms with Crippen LogP contribution in [-0.4, -0.2) is 53.7 Å². The number of nitrogens with zero attached hydrogens (tertiary/aromatic N) is 5. The Morgan fingerprint density at radius 2 is 1.89 bits per heavy atom. The lowest BCUT2D eigenvalue weighted by Crippen LogP contribution is -2.43. The number of hydrogen-bond acceptors (Lipinski definition) is 6. The van der Waals surface area contributed by atoms with Crippen molar-refractivity contribution in [2.45, 2.75) is 51.5 Å². The van der Waals surface area contributed by atoms with Gasteiger partial charge < -0.3 is 15.1 Å². The Balaban J connectivity index is 1.24. The van der Waals surface area contributed by atoms with Gasteiger partial charge >= 0.3 is 0 Å². The minimum Gasteiger partial charge on any atom is -0.356 e. The van der Waals surface area contributed by atoms with Gasteiger partial charge in [0.2, 0.25) is 5.95 Å². The average Bonchev–Trinajstić information content (AvgIpc) is 3.27. The van der Waals surface area contributed by atoms with Gasteiger partial charge in [-0.2, -0.15) is 4.98 Å². The van der Waals surface area contributed by atoms with Crippen LogP contribution in [0.4, 0.5) is 11.8 Å². The molecule has 1 N–H and O–H groups in total. The van der Waals surface area contributed by atoms with E-state index in [-0.39, 0.29) is 0 Å². The Hall–Kier alpha value is -2.21. The fourth-order valence-electron chi connectivity index (χ4n) is 4.21. The van der Waals surface area contributed by atoms with E-state index in [0.717, 1.165) is 63.0 Å². The van der Waals surface area contributed by atoms with Gasteiger partial charge in [-0.3, -0.25) is 4.98 Å². The van der Waals surface area contributed by atoms with Crippen molar-refractivity contribution in [3.8, 4) is 0 Å². The van der Waals surface area contributed by atoms with E-state index >= 15 is 0 Å². The normalized spacial score (nSPS) is 18.0. The smallest absolute Gasteiger partial charge is 0.227 e. The first-order valence-corrected chi connectivity index (χ1v) is 10.8. The van der Waals surface area contributed by atoms with Crippen LogP contribution in [0.1, 0.15) is 43.4 Å². The number of aryl methyl sites for hydroxylation is 2. The van der Waals surface area contributed by atoms with Crippen LogP contribution in [0.15, 0.2) is 30.6 Å². The summed E-state index contributed by atoms with van der Waals surface area (Å²) in [5.74, 6) is 2.02. The maximum atomic E-state index is 4.89. The summed E-state index contributed by atoms with van der Waals surface area (Å²) in [4.78, 5) is 18.5. The van der Waals surface area contributed by atoms with Crippen LogP contribution in [0.3, 0.4) is 0 Å². The van der Waals surface area contributed by atoms with Crippen LogP contribution < -0.4 is 15.1 Å². The van der Waals surface area contributed by atoms with Crippen LogP contribution in [-0.2, 0) is 6.42 Å². The predicted molar refractivity (Wildman–Crippen MR) is 114 cm³/mol. The van der Waals surface area contributed by atoms with Crippen LogP contribution in [0, 0.1) is 6.92 Å². The van der Waals surface area contributed by atoms with Crippen molar-refractivity contribution < 1.29 is 0 Å². The molecule has 0 aliphatic carbocycles. The molecule has 150 valence electrons. The van der Waals surface area contributed by atoms with E-state index in [1.807, 2.05) is 18.5 Å². The molecule has 0 atom stereocenters. The molecule has 28 heavy (non-hydrogen) atoms. The average molecular weight is 381 g/mol. The highest BCUT2D eigenvalue weighted by Crippen LogP contribution is 2.23. The summed E-state index contributed by atoms with van der Waals surface area (Å²) in [6, 6.07) is 6.93. The molecule has 2 aromatic rings. The van der Waals surface area contributed by atoms with E-state index in [1.54, 1.807) is 0 Å². The molecule has 4 rings (SSSR count). The number of anilines is 2. The molecular formula is C22H32N6. The number of piperidine rings is 1. The molecule has 2 aliphatic rings. The van der Waals surface area contributed by atoms with E-state index in [2.05, 4.69) is 44.1 Å². The SMILES string of the molecule is Cc1cc(N2CCC(NCCCc3cccnc3)CC2)nc(N2CCCC2)n1. The summed E-state index contributed by atoms with van der Waals surface area (Å²) >= 11 is 0. The van der Waals surface area contributed by atoms with Gasteiger partial charge in [0, 0.05) is 56.4 Å². The molecule has 6 nitrogen and oxygen atoms in total. The van der Waals surface area contributed by atoms with Crippen LogP contribution in [0.2, 0.25) is 0 Å². The second-order valence-electron chi connectivity index (χ2n) is 8.04. The molecule has 0 bridgehead atoms. The van der Waals surface area contributed by atoms with Crippen molar-refractivity contribution in [3.63, 3.8) is 0 Å². The molecule has 0 aromatic carbocycles. The zero-order valence-electron chi connectivity index (χ0n) is 17.0. The first-order chi connectivity index (χ1) is 13.8. The van der Waals surface area contributed by atoms with Crippen molar-refractivity contribution in [3.05, 3.63) is 41.9 Å². The zero-order chi connectivity index (χ0) is 19.2. The molecule has 0 unspecified atom stereocenters. The first-order valence-electron chi connectivity index (χ1n) is 10.8. The summed E-state index contributed by atoms with van der Waals surface area (Å²) in [7, 11) is 0. The Morgan fingerprint density at radius 3 is 2.64 bits per heavy atom. The van der Waals surface area contributed by atoms with E-state index < -0.39 is 0 Å². The number of rotatable bonds is 7. The highest BCUT2D eigenvalue weighted by molar-refractivity contribution is 5.46. The third-order valence-corrected chi connectivity index (χ3v) is 5.83. The predicted octanol–water partition coefficient (Wildman–Crippen LogP) is 2.97. The van der Waals surface area contributed by atoms with Gasteiger partial charge in [0.25, 0.3) is 0 Å². The van der Waals surface area contributed by atoms with Crippen LogP contribution in [0.5, 0.6) is 0 Å². The van der Waals surface area contributed by atoms with Gasteiger partial charge in [-0.25, -0.2) is 4.98 Å². The molecule has 0 spiro atoms. The summed E-state index contributed by atoms with van der Waals surface area (Å²) in [6.07, 6.45) is 10.9. The third-order valence-electron chi connectivity index (χ3n) is 5.83. The Labute approximate surface area is 168 Å². The second-order valence-corrected chi connectivity index (χ2v) is 8.04. The van der Waals surface area contributed by atoms with E-state index in [1.165, 1.54) is 31.2 Å². The monoisotopic (exact) mass is 380 g/mol. The molecular weight excluding hydrogens is 348 g/mol. The molecule has 6 heteroatoms. The maximum absolute atomic E-state index is 4.89. The zero-order valence-corrected chi connectivity index (χ0v) is 17.0. The number of pyridine rings is 1. The van der Waals surface area contributed by atoms with E-state index in [0.29, 0.717) is 6.04 Å². The van der Waals surface area contributed by atoms with Gasteiger partial charge in [-0.15, -0.1) is 0 Å². The lowest BCUT2D eigenvalue weighted by molar-refractivity contribution is 0.411. The van der Waals surface area contributed by atoms with Crippen molar-refractivity contribution in [1.82, 2.24) is 20.3 Å². The van der Waals surface area contributed by atoms with Crippen LogP contribution in [0.25, 0.3) is 0 Å². The number of hydrogen-bond donors (Lipinski definition) is 1. The molecule has 0 radical (unpaired) electrons. The fraction of sp³-hybridized carbons (Fsp3) is 0.591. The molecule has 2 aliphatic heterocycles. The second kappa shape index (κ2) is 9.32. The Morgan fingerprint density at radius 1 is 1.07 bits per heavy atom. The van der Waals surface area contributed by atoms with Crippen molar-refractivity contribution >= 4 is 11.8 Å². The summed E-state index contributed by atoms with van der Waals surface area (Å²) < 4.78 is 0. The third kappa shape index (κ3) is 4.98. The Bertz CT molecular complexity index is 736. The quantitative estimate of drug-likeness (QED) is 0.746. The molecule has 2 saturated heterocycles. The molecule has 2 fully saturated rings. The summed E-state index contributed by atoms with van der Waals surface area (Å²) in [5.41, 5.74) is 2.40. The Kier molecular flexibility index (Phi) is 6.37. The van der Waals surface area contributed by atoms with Crippen molar-refractivity contribution in [2.24, 2.45) is 0 Å². The van der Waals surface area contributed by atoms with E-state index in [9.17, 15) is 0 Å². The standard InChI is InChI=1S/C22H32N6/c1-18-16-21(26-22(25-18)28-12-2-3-13-28)27-14-8-20(9-15-27)24-11-5-7-19-6-4-10-23-17-19/h4,6,10,16-17,20,24H,2-3,5,7-9,11-15H2,1H3. The summed E-state index contributed by atoms with van der Waals surface area (Å²) in [5, 5.41) is 3.74. The van der Waals surface area contributed by atoms with Gasteiger partial charge in [-0.05, 0) is 63.6 Å². The minimum atomic E-state index is 0.617. The van der Waals surface area contributed by atoms with Crippen molar-refractivity contribution in [2.75, 3.05) is 42.5 Å². The van der Waals surface area contributed by atoms with Gasteiger partial charge in [0.05, 0.1) is 0 Å². The van der Waals surface area contributed by atoms with Crippen LogP contribution >= 0.6 is 0 Å². The minimum absolute atomic E-state index is 0.617. The van der Waals surface area contributed by atoms with E-state index in [4.69, 9.17) is 4.98 Å². The van der Waals surface area contributed by atoms with Gasteiger partial charge in [-0.1, -0.05) is 6.07 Å². The lowest BCUT2D eigenvalue weighted by atomic mass is 10.0. The largest absolute Gasteiger partial charge is 0.356 e. The molecule has 0 amide bonds. The maximum Gasteiger partial charge on any atom is 0.227 e. The summed E-state index contributed by atoms with van der Waals surface area (Å²) in [6.45, 7) is 7.47. The highest BCUT2D eigenvalue weighted by atomic mass is 15.3. The highest BCUT2D eigenvalue weighted by Gasteiger charge is 2.22. The fourth-order valence-corrected chi connectivity index (χ4v) is 4.21. The lowest BCUT2D eigenvalue weighted by Gasteiger charge is -2.33. The first kappa shape index (κ1) is 19.1. The van der Waals surface area contributed by atoms with Gasteiger partial charge in [0.15, 0.2) is 0 Å². The topological polar surface area (TPSA) is 57.2 Å². The number of nitrogens with one attached hydrogen (secondary N) is 1. The molecule has 0 saturated carbocycles. The molecule has 4 heterocycles. The van der Waals surface area contributed by atoms with Crippen molar-refractivity contribution in [1.29, 1.82) is 0 Å². The molecule has 2 aromatic heterocycles. The number of aromatic nitrogens is 3.